The van der Waals surface area contributed by atoms with Gasteiger partial charge in [0.2, 0.25) is 0 Å². The first kappa shape index (κ1) is 14.8. The lowest BCUT2D eigenvalue weighted by molar-refractivity contribution is -0.150. The number of carbonyl (C=O) groups is 2. The first-order valence-electron chi connectivity index (χ1n) is 6.71. The molecule has 1 atom stereocenters. The molecule has 1 fully saturated rings. The van der Waals surface area contributed by atoms with Gasteiger partial charge in [0.15, 0.2) is 0 Å². The Bertz CT molecular complexity index is 477. The smallest absolute Gasteiger partial charge is 0.329 e. The summed E-state index contributed by atoms with van der Waals surface area (Å²) in [6.07, 6.45) is 4.59. The molecule has 2 rings (SSSR count). The van der Waals surface area contributed by atoms with Crippen LogP contribution in [-0.4, -0.2) is 45.6 Å². The van der Waals surface area contributed by atoms with Gasteiger partial charge in [-0.25, -0.2) is 14.6 Å². The molecule has 7 heteroatoms. The number of urea groups is 1. The first-order valence-corrected chi connectivity index (χ1v) is 7.59. The molecule has 1 aromatic heterocycles. The highest BCUT2D eigenvalue weighted by Crippen LogP contribution is 2.28. The van der Waals surface area contributed by atoms with E-state index in [1.165, 1.54) is 4.90 Å². The summed E-state index contributed by atoms with van der Waals surface area (Å²) >= 11 is 1.54. The minimum atomic E-state index is -1.09. The van der Waals surface area contributed by atoms with Crippen molar-refractivity contribution in [3.63, 3.8) is 0 Å². The van der Waals surface area contributed by atoms with Gasteiger partial charge in [0.25, 0.3) is 0 Å². The maximum absolute atomic E-state index is 12.2. The zero-order valence-electron chi connectivity index (χ0n) is 11.5. The summed E-state index contributed by atoms with van der Waals surface area (Å²) in [4.78, 5) is 29.2. The number of likely N-dealkylation sites (tertiary alicyclic amines) is 1. The van der Waals surface area contributed by atoms with E-state index in [0.717, 1.165) is 17.8 Å². The highest BCUT2D eigenvalue weighted by atomic mass is 32.1. The normalized spacial score (nSPS) is 22.6. The van der Waals surface area contributed by atoms with Crippen molar-refractivity contribution in [1.29, 1.82) is 0 Å². The van der Waals surface area contributed by atoms with E-state index >= 15 is 0 Å². The highest BCUT2D eigenvalue weighted by molar-refractivity contribution is 7.09. The van der Waals surface area contributed by atoms with Crippen LogP contribution in [0.3, 0.4) is 0 Å². The van der Waals surface area contributed by atoms with Gasteiger partial charge in [-0.2, -0.15) is 0 Å². The lowest BCUT2D eigenvalue weighted by atomic mass is 9.89. The Labute approximate surface area is 121 Å². The average molecular weight is 297 g/mol. The number of piperidine rings is 1. The fourth-order valence-electron chi connectivity index (χ4n) is 2.42. The molecule has 0 saturated carbocycles. The number of hydrogen-bond donors (Lipinski definition) is 2. The molecule has 0 spiro atoms. The van der Waals surface area contributed by atoms with E-state index in [4.69, 9.17) is 0 Å². The van der Waals surface area contributed by atoms with E-state index in [-0.39, 0.29) is 6.03 Å². The molecule has 1 saturated heterocycles. The SMILES string of the molecule is CC1(C(=O)O)CCCCN1C(=O)NCCc1nccs1. The van der Waals surface area contributed by atoms with Gasteiger partial charge in [-0.1, -0.05) is 0 Å². The molecule has 0 bridgehead atoms. The molecule has 1 aliphatic rings. The summed E-state index contributed by atoms with van der Waals surface area (Å²) in [7, 11) is 0. The zero-order chi connectivity index (χ0) is 14.6. The third-order valence-electron chi connectivity index (χ3n) is 3.70. The van der Waals surface area contributed by atoms with Gasteiger partial charge in [-0.05, 0) is 26.2 Å². The van der Waals surface area contributed by atoms with Crippen LogP contribution in [0.1, 0.15) is 31.2 Å². The Morgan fingerprint density at radius 3 is 3.00 bits per heavy atom. The topological polar surface area (TPSA) is 82.5 Å². The van der Waals surface area contributed by atoms with Crippen molar-refractivity contribution in [1.82, 2.24) is 15.2 Å². The number of hydrogen-bond acceptors (Lipinski definition) is 4. The lowest BCUT2D eigenvalue weighted by Gasteiger charge is -2.41. The van der Waals surface area contributed by atoms with Gasteiger partial charge in [0, 0.05) is 31.1 Å². The monoisotopic (exact) mass is 297 g/mol. The third kappa shape index (κ3) is 3.09. The maximum atomic E-state index is 12.2. The van der Waals surface area contributed by atoms with Crippen LogP contribution in [0.15, 0.2) is 11.6 Å². The molecule has 20 heavy (non-hydrogen) atoms. The average Bonchev–Trinajstić information content (AvgIpc) is 2.92. The van der Waals surface area contributed by atoms with E-state index in [1.807, 2.05) is 5.38 Å². The van der Waals surface area contributed by atoms with Crippen molar-refractivity contribution in [2.24, 2.45) is 0 Å². The number of aliphatic carboxylic acids is 1. The minimum Gasteiger partial charge on any atom is -0.480 e. The Hall–Kier alpha value is -1.63. The molecule has 6 nitrogen and oxygen atoms in total. The summed E-state index contributed by atoms with van der Waals surface area (Å²) in [6.45, 7) is 2.58. The number of carboxylic acid groups (broad SMARTS) is 1. The molecule has 0 radical (unpaired) electrons. The predicted molar refractivity (Wildman–Crippen MR) is 75.8 cm³/mol. The molecule has 1 aromatic rings. The summed E-state index contributed by atoms with van der Waals surface area (Å²) in [5.41, 5.74) is -1.09. The Balaban J connectivity index is 1.91. The predicted octanol–water partition coefficient (Wildman–Crippen LogP) is 1.72. The maximum Gasteiger partial charge on any atom is 0.329 e. The van der Waals surface area contributed by atoms with Crippen LogP contribution >= 0.6 is 11.3 Å². The van der Waals surface area contributed by atoms with Gasteiger partial charge in [-0.3, -0.25) is 0 Å². The number of rotatable bonds is 4. The van der Waals surface area contributed by atoms with E-state index in [2.05, 4.69) is 10.3 Å². The lowest BCUT2D eigenvalue weighted by Crippen LogP contribution is -2.60. The second-order valence-corrected chi connectivity index (χ2v) is 6.07. The minimum absolute atomic E-state index is 0.300. The van der Waals surface area contributed by atoms with Gasteiger partial charge < -0.3 is 15.3 Å². The zero-order valence-corrected chi connectivity index (χ0v) is 12.3. The Kier molecular flexibility index (Phi) is 4.59. The molecule has 110 valence electrons. The van der Waals surface area contributed by atoms with Gasteiger partial charge >= 0.3 is 12.0 Å². The molecular weight excluding hydrogens is 278 g/mol. The first-order chi connectivity index (χ1) is 9.54. The molecule has 2 N–H and O–H groups in total. The van der Waals surface area contributed by atoms with E-state index in [9.17, 15) is 14.7 Å². The van der Waals surface area contributed by atoms with Gasteiger partial charge in [0.1, 0.15) is 5.54 Å². The molecular formula is C13H19N3O3S. The fraction of sp³-hybridized carbons (Fsp3) is 0.615. The standard InChI is InChI=1S/C13H19N3O3S/c1-13(11(17)18)5-2-3-8-16(13)12(19)15-6-4-10-14-7-9-20-10/h7,9H,2-6,8H2,1H3,(H,15,19)(H,17,18). The van der Waals surface area contributed by atoms with E-state index < -0.39 is 11.5 Å². The highest BCUT2D eigenvalue weighted by Gasteiger charge is 2.43. The largest absolute Gasteiger partial charge is 0.480 e. The van der Waals surface area contributed by atoms with Crippen LogP contribution in [-0.2, 0) is 11.2 Å². The molecule has 2 heterocycles. The molecule has 1 aliphatic heterocycles. The fourth-order valence-corrected chi connectivity index (χ4v) is 3.04. The second-order valence-electron chi connectivity index (χ2n) is 5.10. The van der Waals surface area contributed by atoms with Crippen molar-refractivity contribution in [3.05, 3.63) is 16.6 Å². The number of carbonyl (C=O) groups excluding carboxylic acids is 1. The van der Waals surface area contributed by atoms with Crippen LogP contribution in [0.25, 0.3) is 0 Å². The number of nitrogens with one attached hydrogen (secondary N) is 1. The summed E-state index contributed by atoms with van der Waals surface area (Å²) in [5, 5.41) is 15.0. The molecule has 0 aromatic carbocycles. The van der Waals surface area contributed by atoms with Gasteiger partial charge in [-0.15, -0.1) is 11.3 Å². The van der Waals surface area contributed by atoms with Crippen molar-refractivity contribution in [2.45, 2.75) is 38.1 Å². The quantitative estimate of drug-likeness (QED) is 0.886. The third-order valence-corrected chi connectivity index (χ3v) is 4.53. The number of thiazole rings is 1. The summed E-state index contributed by atoms with van der Waals surface area (Å²) < 4.78 is 0. The van der Waals surface area contributed by atoms with Crippen molar-refractivity contribution >= 4 is 23.3 Å². The van der Waals surface area contributed by atoms with Crippen LogP contribution in [0.2, 0.25) is 0 Å². The van der Waals surface area contributed by atoms with E-state index in [1.54, 1.807) is 24.5 Å². The second kappa shape index (κ2) is 6.21. The number of nitrogens with zero attached hydrogens (tertiary/aromatic N) is 2. The number of aromatic nitrogens is 1. The van der Waals surface area contributed by atoms with Crippen molar-refractivity contribution < 1.29 is 14.7 Å². The Morgan fingerprint density at radius 2 is 2.35 bits per heavy atom. The van der Waals surface area contributed by atoms with Crippen molar-refractivity contribution in [2.75, 3.05) is 13.1 Å². The molecule has 2 amide bonds. The van der Waals surface area contributed by atoms with Crippen LogP contribution < -0.4 is 5.32 Å². The van der Waals surface area contributed by atoms with E-state index in [0.29, 0.717) is 25.9 Å². The summed E-state index contributed by atoms with van der Waals surface area (Å²) in [5.74, 6) is -0.938. The Morgan fingerprint density at radius 1 is 1.55 bits per heavy atom. The number of carboxylic acids is 1. The van der Waals surface area contributed by atoms with Crippen LogP contribution in [0, 0.1) is 0 Å². The van der Waals surface area contributed by atoms with Crippen LogP contribution in [0.5, 0.6) is 0 Å². The molecule has 0 aliphatic carbocycles. The summed E-state index contributed by atoms with van der Waals surface area (Å²) in [6, 6.07) is -0.300. The van der Waals surface area contributed by atoms with Crippen molar-refractivity contribution in [3.8, 4) is 0 Å². The van der Waals surface area contributed by atoms with Crippen LogP contribution in [0.4, 0.5) is 4.79 Å². The molecule has 1 unspecified atom stereocenters. The number of amides is 2. The van der Waals surface area contributed by atoms with Gasteiger partial charge in [0.05, 0.1) is 5.01 Å².